The molecule has 1 unspecified atom stereocenters. The van der Waals surface area contributed by atoms with E-state index in [2.05, 4.69) is 20.2 Å². The molecule has 0 radical (unpaired) electrons. The number of hydrogen-bond acceptors (Lipinski definition) is 8. The van der Waals surface area contributed by atoms with Crippen LogP contribution in [0.5, 0.6) is 16.7 Å². The predicted octanol–water partition coefficient (Wildman–Crippen LogP) is 3.24. The number of nitrogens with one attached hydrogen (secondary N) is 1. The van der Waals surface area contributed by atoms with E-state index in [1.54, 1.807) is 6.20 Å². The van der Waals surface area contributed by atoms with E-state index in [-0.39, 0.29) is 18.5 Å². The smallest absolute Gasteiger partial charge is 0.281 e. The Hall–Kier alpha value is -2.75. The lowest BCUT2D eigenvalue weighted by Crippen LogP contribution is -2.52. The first-order valence-corrected chi connectivity index (χ1v) is 12.3. The topological polar surface area (TPSA) is 103 Å². The van der Waals surface area contributed by atoms with Crippen LogP contribution >= 0.6 is 11.3 Å². The predicted molar refractivity (Wildman–Crippen MR) is 128 cm³/mol. The SMILES string of the molecule is Cc1ccnc2nc(Oc3ccc(OCCN4[C@@H]5CC[C@H]4CC(NC(=O)CN)C5)cc3)sc12. The van der Waals surface area contributed by atoms with Crippen LogP contribution in [0.2, 0.25) is 0 Å². The van der Waals surface area contributed by atoms with E-state index >= 15 is 0 Å². The number of hydrogen-bond donors (Lipinski definition) is 2. The largest absolute Gasteiger partial charge is 0.492 e. The maximum absolute atomic E-state index is 11.6. The van der Waals surface area contributed by atoms with Crippen LogP contribution in [0.4, 0.5) is 0 Å². The number of rotatable bonds is 8. The summed E-state index contributed by atoms with van der Waals surface area (Å²) < 4.78 is 13.0. The lowest BCUT2D eigenvalue weighted by atomic mass is 9.97. The molecule has 2 aliphatic rings. The van der Waals surface area contributed by atoms with E-state index in [1.807, 2.05) is 37.3 Å². The Kier molecular flexibility index (Phi) is 6.43. The first-order valence-electron chi connectivity index (χ1n) is 11.5. The number of pyridine rings is 1. The van der Waals surface area contributed by atoms with E-state index in [4.69, 9.17) is 15.2 Å². The number of fused-ring (bicyclic) bond motifs is 3. The monoisotopic (exact) mass is 467 g/mol. The summed E-state index contributed by atoms with van der Waals surface area (Å²) in [7, 11) is 0. The van der Waals surface area contributed by atoms with Gasteiger partial charge >= 0.3 is 0 Å². The first-order chi connectivity index (χ1) is 16.1. The minimum absolute atomic E-state index is 0.0569. The number of nitrogens with two attached hydrogens (primary N) is 1. The highest BCUT2D eigenvalue weighted by atomic mass is 32.1. The minimum atomic E-state index is -0.0569. The van der Waals surface area contributed by atoms with Crippen molar-refractivity contribution in [2.75, 3.05) is 19.7 Å². The van der Waals surface area contributed by atoms with Gasteiger partial charge in [0.15, 0.2) is 5.65 Å². The van der Waals surface area contributed by atoms with Crippen LogP contribution < -0.4 is 20.5 Å². The zero-order chi connectivity index (χ0) is 22.8. The molecule has 0 spiro atoms. The summed E-state index contributed by atoms with van der Waals surface area (Å²) in [5.41, 5.74) is 7.30. The van der Waals surface area contributed by atoms with E-state index in [9.17, 15) is 4.79 Å². The Labute approximate surface area is 197 Å². The number of amides is 1. The van der Waals surface area contributed by atoms with Crippen molar-refractivity contribution in [2.24, 2.45) is 5.73 Å². The number of ether oxygens (including phenoxy) is 2. The fourth-order valence-corrected chi connectivity index (χ4v) is 5.86. The molecular weight excluding hydrogens is 438 g/mol. The van der Waals surface area contributed by atoms with Crippen LogP contribution in [0.15, 0.2) is 36.5 Å². The number of benzene rings is 1. The molecule has 2 fully saturated rings. The average molecular weight is 468 g/mol. The second-order valence-electron chi connectivity index (χ2n) is 8.75. The molecule has 1 aromatic carbocycles. The van der Waals surface area contributed by atoms with Gasteiger partial charge < -0.3 is 20.5 Å². The molecule has 3 N–H and O–H groups in total. The molecule has 33 heavy (non-hydrogen) atoms. The zero-order valence-corrected chi connectivity index (χ0v) is 19.5. The standard InChI is InChI=1S/C24H29N5O3S/c1-15-8-9-26-23-22(15)33-24(28-23)32-20-6-4-19(5-7-20)31-11-10-29-17-2-3-18(29)13-16(12-17)27-21(30)14-25/h4-9,16-18H,2-3,10-14,25H2,1H3,(H,27,30)/t16?,17-,18+. The quantitative estimate of drug-likeness (QED) is 0.524. The van der Waals surface area contributed by atoms with Gasteiger partial charge in [-0.1, -0.05) is 11.3 Å². The first kappa shape index (κ1) is 22.1. The molecular formula is C24H29N5O3S. The Morgan fingerprint density at radius 2 is 1.91 bits per heavy atom. The molecule has 4 heterocycles. The van der Waals surface area contributed by atoms with Gasteiger partial charge in [0.25, 0.3) is 5.19 Å². The van der Waals surface area contributed by atoms with Crippen molar-refractivity contribution in [1.82, 2.24) is 20.2 Å². The molecule has 1 amide bonds. The van der Waals surface area contributed by atoms with Gasteiger partial charge in [-0.05, 0) is 68.5 Å². The van der Waals surface area contributed by atoms with Crippen molar-refractivity contribution in [3.8, 4) is 16.7 Å². The van der Waals surface area contributed by atoms with Gasteiger partial charge in [-0.2, -0.15) is 4.98 Å². The molecule has 2 aromatic heterocycles. The van der Waals surface area contributed by atoms with Gasteiger partial charge in [-0.3, -0.25) is 9.69 Å². The Morgan fingerprint density at radius 3 is 2.61 bits per heavy atom. The molecule has 0 aliphatic carbocycles. The van der Waals surface area contributed by atoms with E-state index in [0.29, 0.717) is 23.9 Å². The summed E-state index contributed by atoms with van der Waals surface area (Å²) >= 11 is 1.50. The highest BCUT2D eigenvalue weighted by Crippen LogP contribution is 2.36. The molecule has 9 heteroatoms. The summed E-state index contributed by atoms with van der Waals surface area (Å²) in [6.07, 6.45) is 6.13. The third kappa shape index (κ3) is 4.95. The molecule has 8 nitrogen and oxygen atoms in total. The van der Waals surface area contributed by atoms with Crippen LogP contribution in [0.3, 0.4) is 0 Å². The third-order valence-electron chi connectivity index (χ3n) is 6.55. The lowest BCUT2D eigenvalue weighted by Gasteiger charge is -2.39. The highest BCUT2D eigenvalue weighted by Gasteiger charge is 2.40. The summed E-state index contributed by atoms with van der Waals surface area (Å²) in [5.74, 6) is 1.49. The van der Waals surface area contributed by atoms with Crippen LogP contribution in [0.25, 0.3) is 10.3 Å². The van der Waals surface area contributed by atoms with Crippen molar-refractivity contribution in [2.45, 2.75) is 50.7 Å². The summed E-state index contributed by atoms with van der Waals surface area (Å²) in [6.45, 7) is 3.63. The summed E-state index contributed by atoms with van der Waals surface area (Å²) in [6, 6.07) is 10.9. The average Bonchev–Trinajstić information content (AvgIpc) is 3.33. The number of carbonyl (C=O) groups excluding carboxylic acids is 1. The van der Waals surface area contributed by atoms with Crippen molar-refractivity contribution >= 4 is 27.6 Å². The van der Waals surface area contributed by atoms with Gasteiger partial charge in [0, 0.05) is 30.9 Å². The van der Waals surface area contributed by atoms with Crippen LogP contribution in [0.1, 0.15) is 31.2 Å². The lowest BCUT2D eigenvalue weighted by molar-refractivity contribution is -0.120. The van der Waals surface area contributed by atoms with Crippen molar-refractivity contribution < 1.29 is 14.3 Å². The van der Waals surface area contributed by atoms with Gasteiger partial charge in [0.05, 0.1) is 11.2 Å². The number of aromatic nitrogens is 2. The number of aryl methyl sites for hydroxylation is 1. The minimum Gasteiger partial charge on any atom is -0.492 e. The van der Waals surface area contributed by atoms with Crippen molar-refractivity contribution in [1.29, 1.82) is 0 Å². The van der Waals surface area contributed by atoms with Gasteiger partial charge in [-0.25, -0.2) is 4.98 Å². The molecule has 174 valence electrons. The maximum Gasteiger partial charge on any atom is 0.281 e. The highest BCUT2D eigenvalue weighted by molar-refractivity contribution is 7.20. The number of carbonyl (C=O) groups is 1. The number of piperidine rings is 1. The Bertz CT molecular complexity index is 1100. The number of thiazole rings is 1. The Balaban J connectivity index is 1.11. The van der Waals surface area contributed by atoms with E-state index in [0.717, 1.165) is 46.8 Å². The maximum atomic E-state index is 11.6. The summed E-state index contributed by atoms with van der Waals surface area (Å²) in [4.78, 5) is 22.9. The van der Waals surface area contributed by atoms with Crippen LogP contribution in [-0.4, -0.2) is 58.6 Å². The third-order valence-corrected chi connectivity index (χ3v) is 7.61. The molecule has 2 aliphatic heterocycles. The molecule has 5 rings (SSSR count). The molecule has 0 saturated carbocycles. The molecule has 2 saturated heterocycles. The molecule has 3 aromatic rings. The van der Waals surface area contributed by atoms with E-state index in [1.165, 1.54) is 24.2 Å². The summed E-state index contributed by atoms with van der Waals surface area (Å²) in [5, 5.41) is 3.65. The van der Waals surface area contributed by atoms with Gasteiger partial charge in [0.1, 0.15) is 18.1 Å². The van der Waals surface area contributed by atoms with Crippen molar-refractivity contribution in [3.63, 3.8) is 0 Å². The van der Waals surface area contributed by atoms with Crippen LogP contribution in [-0.2, 0) is 4.79 Å². The van der Waals surface area contributed by atoms with Crippen LogP contribution in [0, 0.1) is 6.92 Å². The van der Waals surface area contributed by atoms with E-state index < -0.39 is 0 Å². The fraction of sp³-hybridized carbons (Fsp3) is 0.458. The second kappa shape index (κ2) is 9.62. The normalized spacial score (nSPS) is 22.4. The van der Waals surface area contributed by atoms with Gasteiger partial charge in [-0.15, -0.1) is 0 Å². The zero-order valence-electron chi connectivity index (χ0n) is 18.7. The molecule has 3 atom stereocenters. The van der Waals surface area contributed by atoms with Gasteiger partial charge in [0.2, 0.25) is 5.91 Å². The Morgan fingerprint density at radius 1 is 1.18 bits per heavy atom. The second-order valence-corrected chi connectivity index (χ2v) is 9.71. The van der Waals surface area contributed by atoms with Crippen molar-refractivity contribution in [3.05, 3.63) is 42.1 Å². The number of nitrogens with zero attached hydrogens (tertiary/aromatic N) is 3. The fourth-order valence-electron chi connectivity index (χ4n) is 4.99. The molecule has 2 bridgehead atoms.